The minimum absolute atomic E-state index is 0. The molecule has 0 atom stereocenters. The van der Waals surface area contributed by atoms with Gasteiger partial charge < -0.3 is 14.4 Å². The molecule has 4 nitrogen and oxygen atoms in total. The fraction of sp³-hybridized carbons (Fsp3) is 0.325. The Kier molecular flexibility index (Phi) is 11.2. The summed E-state index contributed by atoms with van der Waals surface area (Å²) in [6.07, 6.45) is 12.8. The molecule has 2 aromatic carbocycles. The molecule has 1 fully saturated rings. The van der Waals surface area contributed by atoms with Crippen LogP contribution in [0, 0.1) is 29.8 Å². The van der Waals surface area contributed by atoms with Crippen molar-refractivity contribution in [2.75, 3.05) is 0 Å². The van der Waals surface area contributed by atoms with Gasteiger partial charge in [0.2, 0.25) is 5.71 Å². The van der Waals surface area contributed by atoms with E-state index in [2.05, 4.69) is 91.0 Å². The molecule has 4 aromatic heterocycles. The molecule has 0 saturated heterocycles. The van der Waals surface area contributed by atoms with Crippen molar-refractivity contribution in [3.05, 3.63) is 108 Å². The van der Waals surface area contributed by atoms with Crippen LogP contribution < -0.4 is 5.19 Å². The summed E-state index contributed by atoms with van der Waals surface area (Å²) in [5.74, 6) is 1.09. The zero-order valence-electron chi connectivity index (χ0n) is 27.9. The first-order chi connectivity index (χ1) is 22.1. The van der Waals surface area contributed by atoms with Gasteiger partial charge in [0.25, 0.3) is 0 Å². The van der Waals surface area contributed by atoms with Gasteiger partial charge in [-0.25, -0.2) is 9.37 Å². The SMILES string of the molecule is CC(C)Cc1cc(-c2[c-]cccc2)ncc1[Si](C)(C)C.Fc1cnc2oc3c[c-]c(-c4cc(CC5CCCC5)ccn4)cc3c2c1.[Ir]. The Bertz CT molecular complexity index is 1950. The topological polar surface area (TPSA) is 51.8 Å². The second kappa shape index (κ2) is 15.1. The summed E-state index contributed by atoms with van der Waals surface area (Å²) in [6, 6.07) is 26.3. The molecular formula is C40H42FIrN3OSi-2. The van der Waals surface area contributed by atoms with E-state index in [1.54, 1.807) is 6.07 Å². The second-order valence-corrected chi connectivity index (χ2v) is 19.0. The molecule has 0 amide bonds. The third kappa shape index (κ3) is 8.51. The minimum atomic E-state index is -1.34. The predicted octanol–water partition coefficient (Wildman–Crippen LogP) is 10.0. The van der Waals surface area contributed by atoms with Crippen molar-refractivity contribution in [1.82, 2.24) is 15.0 Å². The Hall–Kier alpha value is -3.51. The van der Waals surface area contributed by atoms with Gasteiger partial charge in [0.05, 0.1) is 19.9 Å². The molecule has 0 spiro atoms. The van der Waals surface area contributed by atoms with Gasteiger partial charge >= 0.3 is 0 Å². The van der Waals surface area contributed by atoms with Crippen LogP contribution in [0.15, 0.2) is 83.7 Å². The van der Waals surface area contributed by atoms with Crippen molar-refractivity contribution in [2.45, 2.75) is 72.0 Å². The number of benzene rings is 2. The zero-order chi connectivity index (χ0) is 32.3. The van der Waals surface area contributed by atoms with Crippen molar-refractivity contribution in [3.63, 3.8) is 0 Å². The fourth-order valence-electron chi connectivity index (χ4n) is 6.50. The van der Waals surface area contributed by atoms with Crippen LogP contribution in [0.5, 0.6) is 0 Å². The first kappa shape index (κ1) is 34.8. The van der Waals surface area contributed by atoms with E-state index >= 15 is 0 Å². The number of aromatic nitrogens is 3. The maximum absolute atomic E-state index is 13.6. The maximum Gasteiger partial charge on any atom is 0.216 e. The average molecular weight is 820 g/mol. The van der Waals surface area contributed by atoms with Crippen LogP contribution in [0.4, 0.5) is 4.39 Å². The van der Waals surface area contributed by atoms with E-state index in [-0.39, 0.29) is 25.9 Å². The molecule has 1 aliphatic carbocycles. The normalized spacial score (nSPS) is 13.5. The molecule has 7 rings (SSSR count). The number of pyridine rings is 3. The van der Waals surface area contributed by atoms with Gasteiger partial charge in [-0.15, -0.1) is 59.7 Å². The third-order valence-corrected chi connectivity index (χ3v) is 10.8. The smallest absolute Gasteiger partial charge is 0.216 e. The van der Waals surface area contributed by atoms with E-state index < -0.39 is 8.07 Å². The van der Waals surface area contributed by atoms with Crippen LogP contribution in [0.2, 0.25) is 19.6 Å². The van der Waals surface area contributed by atoms with Crippen LogP contribution in [0.25, 0.3) is 44.6 Å². The second-order valence-electron chi connectivity index (χ2n) is 14.0. The molecule has 0 N–H and O–H groups in total. The number of rotatable bonds is 7. The van der Waals surface area contributed by atoms with Crippen LogP contribution >= 0.6 is 0 Å². The number of halogens is 1. The Morgan fingerprint density at radius 2 is 1.68 bits per heavy atom. The molecule has 0 aliphatic heterocycles. The first-order valence-corrected chi connectivity index (χ1v) is 20.0. The van der Waals surface area contributed by atoms with Crippen molar-refractivity contribution >= 4 is 35.3 Å². The maximum atomic E-state index is 13.6. The summed E-state index contributed by atoms with van der Waals surface area (Å²) < 4.78 is 19.3. The quantitative estimate of drug-likeness (QED) is 0.119. The summed E-state index contributed by atoms with van der Waals surface area (Å²) in [5.41, 5.74) is 7.79. The first-order valence-electron chi connectivity index (χ1n) is 16.5. The van der Waals surface area contributed by atoms with Gasteiger partial charge in [0.15, 0.2) is 0 Å². The third-order valence-electron chi connectivity index (χ3n) is 8.74. The van der Waals surface area contributed by atoms with Crippen molar-refractivity contribution in [2.24, 2.45) is 11.8 Å². The molecule has 0 unspecified atom stereocenters. The summed E-state index contributed by atoms with van der Waals surface area (Å²) >= 11 is 0. The molecule has 7 heteroatoms. The van der Waals surface area contributed by atoms with Gasteiger partial charge in [0.1, 0.15) is 5.82 Å². The van der Waals surface area contributed by atoms with Crippen molar-refractivity contribution in [3.8, 4) is 22.5 Å². The van der Waals surface area contributed by atoms with E-state index in [0.717, 1.165) is 46.7 Å². The van der Waals surface area contributed by atoms with Crippen LogP contribution in [-0.2, 0) is 32.9 Å². The van der Waals surface area contributed by atoms with E-state index in [0.29, 0.717) is 22.6 Å². The van der Waals surface area contributed by atoms with Gasteiger partial charge in [-0.3, -0.25) is 0 Å². The Balaban J connectivity index is 0.000000188. The minimum Gasteiger partial charge on any atom is -0.486 e. The standard InChI is InChI=1S/C22H18FN2O.C18H24NSi.Ir/c23-17-12-19-18-11-16(5-6-21(18)26-22(19)25-13-17)20-10-15(7-8-24-20)9-14-3-1-2-4-14;1-14(2)11-16-12-17(15-9-7-6-8-10-15)19-13-18(16)20(3,4)5;/h6-8,10-14H,1-4,9H2;6-9,12-14H,11H2,1-5H3;/q2*-1;. The number of hydrogen-bond donors (Lipinski definition) is 0. The van der Waals surface area contributed by atoms with Gasteiger partial charge in [-0.05, 0) is 53.4 Å². The molecule has 4 heterocycles. The molecule has 1 saturated carbocycles. The van der Waals surface area contributed by atoms with E-state index in [1.165, 1.54) is 54.3 Å². The number of furan rings is 1. The molecule has 1 radical (unpaired) electrons. The fourth-order valence-corrected chi connectivity index (χ4v) is 8.09. The predicted molar refractivity (Wildman–Crippen MR) is 189 cm³/mol. The molecule has 1 aliphatic rings. The van der Waals surface area contributed by atoms with E-state index in [4.69, 9.17) is 4.42 Å². The van der Waals surface area contributed by atoms with Crippen LogP contribution in [-0.4, -0.2) is 23.0 Å². The largest absolute Gasteiger partial charge is 0.486 e. The summed E-state index contributed by atoms with van der Waals surface area (Å²) in [5, 5.41) is 3.01. The summed E-state index contributed by atoms with van der Waals surface area (Å²) in [6.45, 7) is 11.7. The Morgan fingerprint density at radius 3 is 2.40 bits per heavy atom. The van der Waals surface area contributed by atoms with Crippen molar-refractivity contribution in [1.29, 1.82) is 0 Å². The molecule has 47 heavy (non-hydrogen) atoms. The summed E-state index contributed by atoms with van der Waals surface area (Å²) in [7, 11) is -1.34. The molecule has 6 aromatic rings. The number of nitrogens with zero attached hydrogens (tertiary/aromatic N) is 3. The molecule has 0 bridgehead atoms. The van der Waals surface area contributed by atoms with Gasteiger partial charge in [-0.1, -0.05) is 87.8 Å². The van der Waals surface area contributed by atoms with Gasteiger partial charge in [0, 0.05) is 37.9 Å². The zero-order valence-corrected chi connectivity index (χ0v) is 31.3. The molecular weight excluding hydrogens is 778 g/mol. The Morgan fingerprint density at radius 1 is 0.894 bits per heavy atom. The van der Waals surface area contributed by atoms with Gasteiger partial charge in [-0.2, -0.15) is 0 Å². The number of fused-ring (bicyclic) bond motifs is 3. The van der Waals surface area contributed by atoms with Crippen LogP contribution in [0.3, 0.4) is 0 Å². The molecule has 245 valence electrons. The monoisotopic (exact) mass is 820 g/mol. The van der Waals surface area contributed by atoms with E-state index in [9.17, 15) is 4.39 Å². The van der Waals surface area contributed by atoms with E-state index in [1.807, 2.05) is 30.5 Å². The summed E-state index contributed by atoms with van der Waals surface area (Å²) in [4.78, 5) is 13.2. The average Bonchev–Trinajstić information content (AvgIpc) is 3.68. The number of hydrogen-bond acceptors (Lipinski definition) is 4. The Labute approximate surface area is 292 Å². The van der Waals surface area contributed by atoms with Crippen molar-refractivity contribution < 1.29 is 28.9 Å². The van der Waals surface area contributed by atoms with Crippen LogP contribution in [0.1, 0.15) is 50.7 Å².